The van der Waals surface area contributed by atoms with Gasteiger partial charge in [0.2, 0.25) is 0 Å². The number of ether oxygens (including phenoxy) is 1. The second-order valence-corrected chi connectivity index (χ2v) is 4.85. The Morgan fingerprint density at radius 1 is 1.10 bits per heavy atom. The lowest BCUT2D eigenvalue weighted by Crippen LogP contribution is -2.30. The van der Waals surface area contributed by atoms with Crippen molar-refractivity contribution >= 4 is 0 Å². The lowest BCUT2D eigenvalue weighted by molar-refractivity contribution is 0.410. The molecule has 2 aromatic rings. The Labute approximate surface area is 118 Å². The van der Waals surface area contributed by atoms with Gasteiger partial charge < -0.3 is 4.74 Å². The van der Waals surface area contributed by atoms with Gasteiger partial charge in [-0.1, -0.05) is 29.8 Å². The number of rotatable bonds is 4. The van der Waals surface area contributed by atoms with Crippen LogP contribution in [0.2, 0.25) is 0 Å². The molecule has 2 aromatic carbocycles. The molecule has 0 aliphatic rings. The van der Waals surface area contributed by atoms with Crippen molar-refractivity contribution in [1.82, 2.24) is 5.43 Å². The van der Waals surface area contributed by atoms with Gasteiger partial charge in [0.05, 0.1) is 13.2 Å². The van der Waals surface area contributed by atoms with Crippen molar-refractivity contribution in [2.24, 2.45) is 5.84 Å². The fourth-order valence-electron chi connectivity index (χ4n) is 2.37. The van der Waals surface area contributed by atoms with E-state index in [-0.39, 0.29) is 11.9 Å². The molecule has 0 spiro atoms. The van der Waals surface area contributed by atoms with Crippen molar-refractivity contribution in [3.05, 3.63) is 64.5 Å². The first-order valence-electron chi connectivity index (χ1n) is 6.43. The van der Waals surface area contributed by atoms with Crippen LogP contribution < -0.4 is 16.0 Å². The zero-order chi connectivity index (χ0) is 14.7. The van der Waals surface area contributed by atoms with Crippen LogP contribution in [0.25, 0.3) is 0 Å². The minimum Gasteiger partial charge on any atom is -0.497 e. The minimum absolute atomic E-state index is 0.340. The van der Waals surface area contributed by atoms with Gasteiger partial charge >= 0.3 is 0 Å². The number of nitrogens with one attached hydrogen (secondary N) is 1. The fourth-order valence-corrected chi connectivity index (χ4v) is 2.37. The average molecular weight is 274 g/mol. The fraction of sp³-hybridized carbons (Fsp3) is 0.250. The van der Waals surface area contributed by atoms with Crippen LogP contribution in [-0.4, -0.2) is 7.11 Å². The Morgan fingerprint density at radius 2 is 1.80 bits per heavy atom. The van der Waals surface area contributed by atoms with E-state index in [0.717, 1.165) is 16.7 Å². The lowest BCUT2D eigenvalue weighted by atomic mass is 9.94. The van der Waals surface area contributed by atoms with Gasteiger partial charge in [0.1, 0.15) is 11.6 Å². The number of benzene rings is 2. The topological polar surface area (TPSA) is 47.3 Å². The lowest BCUT2D eigenvalue weighted by Gasteiger charge is -2.20. The monoisotopic (exact) mass is 274 g/mol. The maximum absolute atomic E-state index is 14.2. The molecule has 0 aliphatic heterocycles. The number of aryl methyl sites for hydroxylation is 2. The zero-order valence-electron chi connectivity index (χ0n) is 11.9. The number of methoxy groups -OCH3 is 1. The molecular weight excluding hydrogens is 255 g/mol. The van der Waals surface area contributed by atoms with Crippen LogP contribution in [0.1, 0.15) is 28.3 Å². The summed E-state index contributed by atoms with van der Waals surface area (Å²) >= 11 is 0. The maximum Gasteiger partial charge on any atom is 0.132 e. The maximum atomic E-state index is 14.2. The van der Waals surface area contributed by atoms with Gasteiger partial charge in [0, 0.05) is 11.6 Å². The van der Waals surface area contributed by atoms with Crippen molar-refractivity contribution in [1.29, 1.82) is 0 Å². The Bertz CT molecular complexity index is 613. The summed E-state index contributed by atoms with van der Waals surface area (Å²) in [6, 6.07) is 10.4. The van der Waals surface area contributed by atoms with Crippen LogP contribution in [0, 0.1) is 19.7 Å². The highest BCUT2D eigenvalue weighted by atomic mass is 19.1. The summed E-state index contributed by atoms with van der Waals surface area (Å²) in [7, 11) is 1.51. The third-order valence-corrected chi connectivity index (χ3v) is 3.42. The number of nitrogens with two attached hydrogens (primary N) is 1. The molecule has 0 amide bonds. The Hall–Kier alpha value is -1.91. The molecule has 3 nitrogen and oxygen atoms in total. The highest BCUT2D eigenvalue weighted by Gasteiger charge is 2.18. The van der Waals surface area contributed by atoms with Crippen LogP contribution in [0.4, 0.5) is 4.39 Å². The standard InChI is InChI=1S/C16H19FN2O/c1-10-4-6-13(11(2)8-10)16(19-18)14-7-5-12(20-3)9-15(14)17/h4-9,16,19H,18H2,1-3H3. The van der Waals surface area contributed by atoms with Crippen molar-refractivity contribution in [3.8, 4) is 5.75 Å². The summed E-state index contributed by atoms with van der Waals surface area (Å²) in [5.74, 6) is 5.78. The minimum atomic E-state index is -0.387. The number of hydrazine groups is 1. The SMILES string of the molecule is COc1ccc(C(NN)c2ccc(C)cc2C)c(F)c1. The van der Waals surface area contributed by atoms with Gasteiger partial charge in [-0.05, 0) is 31.0 Å². The van der Waals surface area contributed by atoms with E-state index in [1.54, 1.807) is 12.1 Å². The summed E-state index contributed by atoms with van der Waals surface area (Å²) in [5.41, 5.74) is 6.39. The predicted octanol–water partition coefficient (Wildman–Crippen LogP) is 3.00. The van der Waals surface area contributed by atoms with E-state index in [0.29, 0.717) is 11.3 Å². The van der Waals surface area contributed by atoms with Gasteiger partial charge in [-0.2, -0.15) is 0 Å². The molecule has 3 N–H and O–H groups in total. The largest absolute Gasteiger partial charge is 0.497 e. The first-order valence-corrected chi connectivity index (χ1v) is 6.43. The van der Waals surface area contributed by atoms with E-state index in [9.17, 15) is 4.39 Å². The van der Waals surface area contributed by atoms with Gasteiger partial charge in [-0.25, -0.2) is 9.82 Å². The van der Waals surface area contributed by atoms with Crippen molar-refractivity contribution in [2.45, 2.75) is 19.9 Å². The zero-order valence-corrected chi connectivity index (χ0v) is 11.9. The number of hydrogen-bond acceptors (Lipinski definition) is 3. The molecule has 0 aromatic heterocycles. The number of hydrogen-bond donors (Lipinski definition) is 2. The first kappa shape index (κ1) is 14.5. The highest BCUT2D eigenvalue weighted by Crippen LogP contribution is 2.28. The Balaban J connectivity index is 2.47. The molecule has 2 rings (SSSR count). The van der Waals surface area contributed by atoms with E-state index in [2.05, 4.69) is 11.5 Å². The van der Waals surface area contributed by atoms with Crippen molar-refractivity contribution in [3.63, 3.8) is 0 Å². The molecule has 20 heavy (non-hydrogen) atoms. The first-order chi connectivity index (χ1) is 9.56. The van der Waals surface area contributed by atoms with Crippen molar-refractivity contribution in [2.75, 3.05) is 7.11 Å². The van der Waals surface area contributed by atoms with Gasteiger partial charge in [-0.15, -0.1) is 0 Å². The summed E-state index contributed by atoms with van der Waals surface area (Å²) in [6.07, 6.45) is 0. The molecule has 0 radical (unpaired) electrons. The van der Waals surface area contributed by atoms with E-state index in [4.69, 9.17) is 10.6 Å². The molecular formula is C16H19FN2O. The quantitative estimate of drug-likeness (QED) is 0.665. The van der Waals surface area contributed by atoms with E-state index in [1.165, 1.54) is 13.2 Å². The van der Waals surface area contributed by atoms with Crippen LogP contribution in [0.15, 0.2) is 36.4 Å². The predicted molar refractivity (Wildman–Crippen MR) is 78.0 cm³/mol. The molecule has 0 fully saturated rings. The average Bonchev–Trinajstić information content (AvgIpc) is 2.43. The molecule has 4 heteroatoms. The normalized spacial score (nSPS) is 12.2. The molecule has 0 heterocycles. The van der Waals surface area contributed by atoms with E-state index >= 15 is 0 Å². The summed E-state index contributed by atoms with van der Waals surface area (Å²) < 4.78 is 19.2. The summed E-state index contributed by atoms with van der Waals surface area (Å²) in [6.45, 7) is 4.02. The second kappa shape index (κ2) is 6.03. The third-order valence-electron chi connectivity index (χ3n) is 3.42. The summed E-state index contributed by atoms with van der Waals surface area (Å²) in [4.78, 5) is 0. The van der Waals surface area contributed by atoms with Gasteiger partial charge in [0.25, 0.3) is 0 Å². The highest BCUT2D eigenvalue weighted by molar-refractivity contribution is 5.41. The Morgan fingerprint density at radius 3 is 2.35 bits per heavy atom. The van der Waals surface area contributed by atoms with Crippen LogP contribution >= 0.6 is 0 Å². The molecule has 0 saturated heterocycles. The molecule has 0 saturated carbocycles. The van der Waals surface area contributed by atoms with Crippen LogP contribution in [0.5, 0.6) is 5.75 Å². The molecule has 0 aliphatic carbocycles. The molecule has 0 bridgehead atoms. The van der Waals surface area contributed by atoms with Gasteiger partial charge in [0.15, 0.2) is 0 Å². The third kappa shape index (κ3) is 2.81. The summed E-state index contributed by atoms with van der Waals surface area (Å²) in [5, 5.41) is 0. The van der Waals surface area contributed by atoms with E-state index < -0.39 is 0 Å². The molecule has 1 atom stereocenters. The van der Waals surface area contributed by atoms with Gasteiger partial charge in [-0.3, -0.25) is 5.84 Å². The molecule has 1 unspecified atom stereocenters. The Kier molecular flexibility index (Phi) is 4.37. The molecule has 106 valence electrons. The number of halogens is 1. The van der Waals surface area contributed by atoms with Crippen LogP contribution in [0.3, 0.4) is 0 Å². The van der Waals surface area contributed by atoms with E-state index in [1.807, 2.05) is 26.0 Å². The smallest absolute Gasteiger partial charge is 0.132 e. The van der Waals surface area contributed by atoms with Crippen LogP contribution in [-0.2, 0) is 0 Å². The second-order valence-electron chi connectivity index (χ2n) is 4.85. The van der Waals surface area contributed by atoms with Crippen molar-refractivity contribution < 1.29 is 9.13 Å².